The second-order valence-electron chi connectivity index (χ2n) is 6.54. The molecule has 2 rings (SSSR count). The zero-order chi connectivity index (χ0) is 14.5. The Balaban J connectivity index is 0.000000191. The summed E-state index contributed by atoms with van der Waals surface area (Å²) in [6.45, 7) is 10.7. The van der Waals surface area contributed by atoms with Crippen molar-refractivity contribution in [3.8, 4) is 0 Å². The van der Waals surface area contributed by atoms with Gasteiger partial charge in [0.25, 0.3) is 0 Å². The van der Waals surface area contributed by atoms with Gasteiger partial charge in [0.05, 0.1) is 0 Å². The molecule has 0 unspecified atom stereocenters. The van der Waals surface area contributed by atoms with Crippen LogP contribution in [0.2, 0.25) is 0 Å². The van der Waals surface area contributed by atoms with E-state index in [4.69, 9.17) is 0 Å². The first-order valence-electron chi connectivity index (χ1n) is 7.05. The Morgan fingerprint density at radius 3 is 2.00 bits per heavy atom. The SMILES string of the molecule is CC(C)c1ccccc1.CC1=CC(=O)CC(C)(C)C1. The molecule has 0 spiro atoms. The first-order valence-corrected chi connectivity index (χ1v) is 7.05. The van der Waals surface area contributed by atoms with Gasteiger partial charge in [-0.15, -0.1) is 0 Å². The molecule has 104 valence electrons. The second-order valence-corrected chi connectivity index (χ2v) is 6.54. The molecule has 0 aliphatic heterocycles. The Hall–Kier alpha value is -1.37. The van der Waals surface area contributed by atoms with Crippen molar-refractivity contribution in [2.45, 2.75) is 53.4 Å². The zero-order valence-electron chi connectivity index (χ0n) is 12.9. The largest absolute Gasteiger partial charge is 0.295 e. The highest BCUT2D eigenvalue weighted by Gasteiger charge is 2.25. The molecule has 0 amide bonds. The van der Waals surface area contributed by atoms with Crippen LogP contribution in [0.4, 0.5) is 0 Å². The zero-order valence-corrected chi connectivity index (χ0v) is 12.9. The topological polar surface area (TPSA) is 17.1 Å². The van der Waals surface area contributed by atoms with Crippen LogP contribution in [0.5, 0.6) is 0 Å². The predicted octanol–water partition coefficient (Wildman–Crippen LogP) is 5.13. The molecule has 1 heteroatoms. The smallest absolute Gasteiger partial charge is 0.156 e. The van der Waals surface area contributed by atoms with Gasteiger partial charge in [0.2, 0.25) is 0 Å². The van der Waals surface area contributed by atoms with E-state index in [1.54, 1.807) is 6.08 Å². The lowest BCUT2D eigenvalue weighted by atomic mass is 9.77. The molecule has 0 fully saturated rings. The summed E-state index contributed by atoms with van der Waals surface area (Å²) in [4.78, 5) is 11.0. The lowest BCUT2D eigenvalue weighted by molar-refractivity contribution is -0.117. The van der Waals surface area contributed by atoms with Crippen LogP contribution in [-0.2, 0) is 4.79 Å². The van der Waals surface area contributed by atoms with E-state index in [-0.39, 0.29) is 11.2 Å². The van der Waals surface area contributed by atoms with Crippen LogP contribution < -0.4 is 0 Å². The molecule has 0 bridgehead atoms. The standard InChI is InChI=1S/C9H14O.C9H12/c1-7-4-8(10)6-9(2,3)5-7;1-8(2)9-6-4-3-5-7-9/h4H,5-6H2,1-3H3;3-8H,1-2H3. The molecule has 1 nitrogen and oxygen atoms in total. The Kier molecular flexibility index (Phi) is 5.53. The second kappa shape index (κ2) is 6.70. The van der Waals surface area contributed by atoms with Crippen molar-refractivity contribution in [3.63, 3.8) is 0 Å². The average molecular weight is 258 g/mol. The Labute approximate surface area is 117 Å². The van der Waals surface area contributed by atoms with Crippen molar-refractivity contribution in [3.05, 3.63) is 47.5 Å². The minimum atomic E-state index is 0.204. The fourth-order valence-corrected chi connectivity index (χ4v) is 2.50. The number of carbonyl (C=O) groups excluding carboxylic acids is 1. The van der Waals surface area contributed by atoms with Gasteiger partial charge in [0, 0.05) is 6.42 Å². The maximum atomic E-state index is 11.0. The number of hydrogen-bond acceptors (Lipinski definition) is 1. The van der Waals surface area contributed by atoms with Crippen molar-refractivity contribution in [2.24, 2.45) is 5.41 Å². The highest BCUT2D eigenvalue weighted by Crippen LogP contribution is 2.32. The van der Waals surface area contributed by atoms with Crippen molar-refractivity contribution in [2.75, 3.05) is 0 Å². The Morgan fingerprint density at radius 1 is 1.05 bits per heavy atom. The summed E-state index contributed by atoms with van der Waals surface area (Å²) in [6.07, 6.45) is 3.55. The molecular weight excluding hydrogens is 232 g/mol. The summed E-state index contributed by atoms with van der Waals surface area (Å²) >= 11 is 0. The highest BCUT2D eigenvalue weighted by molar-refractivity contribution is 5.91. The maximum absolute atomic E-state index is 11.0. The van der Waals surface area contributed by atoms with Crippen LogP contribution >= 0.6 is 0 Å². The van der Waals surface area contributed by atoms with Crippen LogP contribution in [0, 0.1) is 5.41 Å². The molecule has 0 saturated carbocycles. The third-order valence-corrected chi connectivity index (χ3v) is 3.28. The van der Waals surface area contributed by atoms with E-state index in [2.05, 4.69) is 52.0 Å². The molecule has 0 N–H and O–H groups in total. The number of allylic oxidation sites excluding steroid dienone is 2. The fourth-order valence-electron chi connectivity index (χ4n) is 2.50. The van der Waals surface area contributed by atoms with Crippen LogP contribution in [0.25, 0.3) is 0 Å². The van der Waals surface area contributed by atoms with Crippen LogP contribution in [-0.4, -0.2) is 5.78 Å². The number of carbonyl (C=O) groups is 1. The van der Waals surface area contributed by atoms with Gasteiger partial charge in [-0.3, -0.25) is 4.79 Å². The lowest BCUT2D eigenvalue weighted by Crippen LogP contribution is -2.20. The van der Waals surface area contributed by atoms with Gasteiger partial charge in [-0.05, 0) is 36.3 Å². The minimum absolute atomic E-state index is 0.204. The minimum Gasteiger partial charge on any atom is -0.295 e. The molecule has 1 aliphatic carbocycles. The summed E-state index contributed by atoms with van der Waals surface area (Å²) in [5, 5.41) is 0. The number of hydrogen-bond donors (Lipinski definition) is 0. The number of ketones is 1. The predicted molar refractivity (Wildman–Crippen MR) is 82.3 cm³/mol. The van der Waals surface area contributed by atoms with Gasteiger partial charge in [-0.1, -0.05) is 63.6 Å². The van der Waals surface area contributed by atoms with E-state index in [1.807, 2.05) is 13.0 Å². The molecule has 0 atom stereocenters. The molecule has 0 radical (unpaired) electrons. The van der Waals surface area contributed by atoms with Crippen LogP contribution in [0.3, 0.4) is 0 Å². The van der Waals surface area contributed by atoms with Crippen molar-refractivity contribution in [1.82, 2.24) is 0 Å². The van der Waals surface area contributed by atoms with E-state index in [9.17, 15) is 4.79 Å². The normalized spacial score (nSPS) is 17.6. The van der Waals surface area contributed by atoms with E-state index < -0.39 is 0 Å². The maximum Gasteiger partial charge on any atom is 0.156 e. The molecule has 0 saturated heterocycles. The van der Waals surface area contributed by atoms with E-state index in [0.717, 1.165) is 6.42 Å². The first kappa shape index (κ1) is 15.7. The van der Waals surface area contributed by atoms with Gasteiger partial charge in [0.15, 0.2) is 5.78 Å². The summed E-state index contributed by atoms with van der Waals surface area (Å²) in [5.74, 6) is 0.944. The lowest BCUT2D eigenvalue weighted by Gasteiger charge is -2.27. The van der Waals surface area contributed by atoms with Gasteiger partial charge in [-0.2, -0.15) is 0 Å². The number of rotatable bonds is 1. The summed E-state index contributed by atoms with van der Waals surface area (Å²) in [5.41, 5.74) is 2.84. The van der Waals surface area contributed by atoms with Gasteiger partial charge in [0.1, 0.15) is 0 Å². The van der Waals surface area contributed by atoms with Crippen molar-refractivity contribution < 1.29 is 4.79 Å². The molecule has 1 aromatic rings. The van der Waals surface area contributed by atoms with Crippen molar-refractivity contribution in [1.29, 1.82) is 0 Å². The van der Waals surface area contributed by atoms with Crippen LogP contribution in [0.1, 0.15) is 58.9 Å². The van der Waals surface area contributed by atoms with E-state index >= 15 is 0 Å². The Morgan fingerprint density at radius 2 is 1.63 bits per heavy atom. The summed E-state index contributed by atoms with van der Waals surface area (Å²) < 4.78 is 0. The molecule has 0 heterocycles. The molecule has 19 heavy (non-hydrogen) atoms. The third-order valence-electron chi connectivity index (χ3n) is 3.28. The fraction of sp³-hybridized carbons (Fsp3) is 0.500. The Bertz CT molecular complexity index is 438. The average Bonchev–Trinajstić information content (AvgIpc) is 2.27. The first-order chi connectivity index (χ1) is 8.80. The molecule has 1 aromatic carbocycles. The molecular formula is C18H26O. The quantitative estimate of drug-likeness (QED) is 0.682. The summed E-state index contributed by atoms with van der Waals surface area (Å²) in [7, 11) is 0. The molecule has 0 aromatic heterocycles. The van der Waals surface area contributed by atoms with Gasteiger partial charge >= 0.3 is 0 Å². The van der Waals surface area contributed by atoms with E-state index in [0.29, 0.717) is 12.3 Å². The number of benzene rings is 1. The highest BCUT2D eigenvalue weighted by atomic mass is 16.1. The van der Waals surface area contributed by atoms with E-state index in [1.165, 1.54) is 11.1 Å². The van der Waals surface area contributed by atoms with Gasteiger partial charge < -0.3 is 0 Å². The summed E-state index contributed by atoms with van der Waals surface area (Å²) in [6, 6.07) is 10.5. The van der Waals surface area contributed by atoms with Gasteiger partial charge in [-0.25, -0.2) is 0 Å². The third kappa shape index (κ3) is 5.87. The van der Waals surface area contributed by atoms with Crippen LogP contribution in [0.15, 0.2) is 42.0 Å². The van der Waals surface area contributed by atoms with Crippen molar-refractivity contribution >= 4 is 5.78 Å². The molecule has 1 aliphatic rings. The monoisotopic (exact) mass is 258 g/mol.